The highest BCUT2D eigenvalue weighted by Crippen LogP contribution is 2.22. The molecule has 22 heavy (non-hydrogen) atoms. The molecule has 0 spiro atoms. The van der Waals surface area contributed by atoms with Gasteiger partial charge in [-0.2, -0.15) is 5.10 Å². The number of aromatic nitrogens is 2. The number of hydrogen-bond acceptors (Lipinski definition) is 4. The van der Waals surface area contributed by atoms with E-state index in [2.05, 4.69) is 15.5 Å². The Bertz CT molecular complexity index is 560. The second kappa shape index (κ2) is 6.37. The molecule has 0 saturated heterocycles. The van der Waals surface area contributed by atoms with Crippen molar-refractivity contribution in [3.8, 4) is 0 Å². The van der Waals surface area contributed by atoms with Crippen LogP contribution < -0.4 is 5.32 Å². The lowest BCUT2D eigenvalue weighted by atomic mass is 10.0. The fourth-order valence-electron chi connectivity index (χ4n) is 2.31. The van der Waals surface area contributed by atoms with Crippen molar-refractivity contribution in [2.75, 3.05) is 13.1 Å². The highest BCUT2D eigenvalue weighted by atomic mass is 16.6. The molecule has 7 heteroatoms. The number of fused-ring (bicyclic) bond motifs is 1. The summed E-state index contributed by atoms with van der Waals surface area (Å²) in [5.74, 6) is -0.162. The molecular weight excluding hydrogens is 284 g/mol. The first-order chi connectivity index (χ1) is 10.3. The van der Waals surface area contributed by atoms with Crippen LogP contribution >= 0.6 is 0 Å². The average molecular weight is 308 g/mol. The maximum absolute atomic E-state index is 12.1. The van der Waals surface area contributed by atoms with Crippen LogP contribution in [0.1, 0.15) is 55.9 Å². The molecule has 0 unspecified atom stereocenters. The van der Waals surface area contributed by atoms with Gasteiger partial charge in [0.05, 0.1) is 12.2 Å². The van der Waals surface area contributed by atoms with Crippen LogP contribution in [0, 0.1) is 0 Å². The van der Waals surface area contributed by atoms with Crippen LogP contribution in [0.25, 0.3) is 0 Å². The molecule has 0 aromatic carbocycles. The van der Waals surface area contributed by atoms with Crippen LogP contribution in [0.3, 0.4) is 0 Å². The minimum absolute atomic E-state index is 0.162. The van der Waals surface area contributed by atoms with Gasteiger partial charge in [-0.25, -0.2) is 4.79 Å². The van der Waals surface area contributed by atoms with E-state index in [-0.39, 0.29) is 12.0 Å². The van der Waals surface area contributed by atoms with E-state index in [4.69, 9.17) is 4.74 Å². The van der Waals surface area contributed by atoms with Crippen molar-refractivity contribution in [1.82, 2.24) is 20.4 Å². The van der Waals surface area contributed by atoms with E-state index < -0.39 is 5.60 Å². The van der Waals surface area contributed by atoms with E-state index in [0.29, 0.717) is 31.7 Å². The Labute approximate surface area is 130 Å². The molecule has 2 N–H and O–H groups in total. The number of rotatable bonds is 3. The Kier molecular flexibility index (Phi) is 4.73. The zero-order chi connectivity index (χ0) is 16.3. The molecule has 0 fully saturated rings. The molecule has 2 heterocycles. The Morgan fingerprint density at radius 1 is 1.41 bits per heavy atom. The van der Waals surface area contributed by atoms with Gasteiger partial charge in [0.1, 0.15) is 5.60 Å². The van der Waals surface area contributed by atoms with Crippen LogP contribution in [-0.4, -0.2) is 45.8 Å². The highest BCUT2D eigenvalue weighted by Gasteiger charge is 2.29. The van der Waals surface area contributed by atoms with Gasteiger partial charge < -0.3 is 15.0 Å². The lowest BCUT2D eigenvalue weighted by molar-refractivity contribution is 0.0221. The summed E-state index contributed by atoms with van der Waals surface area (Å²) in [5, 5.41) is 9.80. The van der Waals surface area contributed by atoms with E-state index in [1.807, 2.05) is 27.7 Å². The lowest BCUT2D eigenvalue weighted by Crippen LogP contribution is -2.40. The Hall–Kier alpha value is -2.05. The molecule has 0 bridgehead atoms. The topological polar surface area (TPSA) is 87.3 Å². The van der Waals surface area contributed by atoms with Crippen molar-refractivity contribution >= 4 is 12.0 Å². The quantitative estimate of drug-likeness (QED) is 0.892. The molecule has 0 atom stereocenters. The van der Waals surface area contributed by atoms with E-state index in [1.54, 1.807) is 4.90 Å². The number of carbonyl (C=O) groups excluding carboxylic acids is 2. The van der Waals surface area contributed by atoms with Gasteiger partial charge >= 0.3 is 6.09 Å². The van der Waals surface area contributed by atoms with Crippen LogP contribution in [-0.2, 0) is 17.7 Å². The Balaban J connectivity index is 2.05. The zero-order valence-corrected chi connectivity index (χ0v) is 13.7. The fourth-order valence-corrected chi connectivity index (χ4v) is 2.31. The van der Waals surface area contributed by atoms with Crippen LogP contribution in [0.15, 0.2) is 0 Å². The van der Waals surface area contributed by atoms with Crippen molar-refractivity contribution in [2.45, 2.75) is 52.7 Å². The van der Waals surface area contributed by atoms with Gasteiger partial charge in [-0.05, 0) is 33.6 Å². The largest absolute Gasteiger partial charge is 0.444 e. The van der Waals surface area contributed by atoms with Gasteiger partial charge in [-0.15, -0.1) is 0 Å². The van der Waals surface area contributed by atoms with Gasteiger partial charge in [-0.3, -0.25) is 9.89 Å². The maximum atomic E-state index is 12.1. The maximum Gasteiger partial charge on any atom is 0.410 e. The second-order valence-electron chi connectivity index (χ2n) is 6.44. The Morgan fingerprint density at radius 3 is 2.77 bits per heavy atom. The first kappa shape index (κ1) is 16.3. The molecule has 7 nitrogen and oxygen atoms in total. The summed E-state index contributed by atoms with van der Waals surface area (Å²) in [4.78, 5) is 25.8. The van der Waals surface area contributed by atoms with Crippen molar-refractivity contribution in [3.63, 3.8) is 0 Å². The number of hydrogen-bond donors (Lipinski definition) is 2. The molecule has 2 rings (SSSR count). The van der Waals surface area contributed by atoms with Crippen LogP contribution in [0.2, 0.25) is 0 Å². The summed E-state index contributed by atoms with van der Waals surface area (Å²) < 4.78 is 5.37. The van der Waals surface area contributed by atoms with Crippen molar-refractivity contribution in [1.29, 1.82) is 0 Å². The van der Waals surface area contributed by atoms with Gasteiger partial charge in [0, 0.05) is 18.7 Å². The highest BCUT2D eigenvalue weighted by molar-refractivity contribution is 5.94. The number of ether oxygens (including phenoxy) is 1. The summed E-state index contributed by atoms with van der Waals surface area (Å²) in [6.07, 6.45) is 1.13. The normalized spacial score (nSPS) is 14.5. The molecule has 1 aromatic heterocycles. The number of aromatic amines is 1. The summed E-state index contributed by atoms with van der Waals surface area (Å²) in [6.45, 7) is 9.06. The monoisotopic (exact) mass is 308 g/mol. The Morgan fingerprint density at radius 2 is 2.14 bits per heavy atom. The van der Waals surface area contributed by atoms with Gasteiger partial charge in [0.15, 0.2) is 5.69 Å². The minimum atomic E-state index is -0.517. The summed E-state index contributed by atoms with van der Waals surface area (Å²) in [5.41, 5.74) is 1.62. The second-order valence-corrected chi connectivity index (χ2v) is 6.44. The molecule has 0 aliphatic carbocycles. The fraction of sp³-hybridized carbons (Fsp3) is 0.667. The van der Waals surface area contributed by atoms with Crippen molar-refractivity contribution in [2.24, 2.45) is 0 Å². The summed E-state index contributed by atoms with van der Waals surface area (Å²) >= 11 is 0. The predicted octanol–water partition coefficient (Wildman–Crippen LogP) is 1.84. The van der Waals surface area contributed by atoms with Gasteiger partial charge in [0.25, 0.3) is 5.91 Å². The van der Waals surface area contributed by atoms with E-state index in [9.17, 15) is 9.59 Å². The molecule has 0 radical (unpaired) electrons. The molecular formula is C15H24N4O3. The number of carbonyl (C=O) groups is 2. The van der Waals surface area contributed by atoms with E-state index >= 15 is 0 Å². The number of nitrogens with zero attached hydrogens (tertiary/aromatic N) is 2. The third-order valence-electron chi connectivity index (χ3n) is 3.34. The number of nitrogens with one attached hydrogen (secondary N) is 2. The average Bonchev–Trinajstić information content (AvgIpc) is 2.85. The molecule has 122 valence electrons. The minimum Gasteiger partial charge on any atom is -0.444 e. The standard InChI is InChI=1S/C15H24N4O3/c1-5-7-16-13(20)12-10-6-8-19(9-11(10)17-18-12)14(21)22-15(2,3)4/h5-9H2,1-4H3,(H,16,20)(H,17,18). The van der Waals surface area contributed by atoms with Crippen LogP contribution in [0.4, 0.5) is 4.79 Å². The molecule has 0 saturated carbocycles. The smallest absolute Gasteiger partial charge is 0.410 e. The van der Waals surface area contributed by atoms with E-state index in [0.717, 1.165) is 17.7 Å². The third kappa shape index (κ3) is 3.78. The molecule has 1 aliphatic heterocycles. The van der Waals surface area contributed by atoms with Crippen LogP contribution in [0.5, 0.6) is 0 Å². The first-order valence-electron chi connectivity index (χ1n) is 7.64. The van der Waals surface area contributed by atoms with Gasteiger partial charge in [-0.1, -0.05) is 6.92 Å². The number of H-pyrrole nitrogens is 1. The third-order valence-corrected chi connectivity index (χ3v) is 3.34. The van der Waals surface area contributed by atoms with Gasteiger partial charge in [0.2, 0.25) is 0 Å². The predicted molar refractivity (Wildman–Crippen MR) is 81.6 cm³/mol. The lowest BCUT2D eigenvalue weighted by Gasteiger charge is -2.29. The number of amides is 2. The SMILES string of the molecule is CCCNC(=O)c1n[nH]c2c1CCN(C(=O)OC(C)(C)C)C2. The summed E-state index contributed by atoms with van der Waals surface area (Å²) in [6, 6.07) is 0. The van der Waals surface area contributed by atoms with Crippen molar-refractivity contribution in [3.05, 3.63) is 17.0 Å². The summed E-state index contributed by atoms with van der Waals surface area (Å²) in [7, 11) is 0. The van der Waals surface area contributed by atoms with E-state index in [1.165, 1.54) is 0 Å². The zero-order valence-electron chi connectivity index (χ0n) is 13.7. The molecule has 1 aromatic rings. The first-order valence-corrected chi connectivity index (χ1v) is 7.64. The van der Waals surface area contributed by atoms with Crippen molar-refractivity contribution < 1.29 is 14.3 Å². The molecule has 2 amide bonds. The molecule has 1 aliphatic rings.